The number of amides is 1. The summed E-state index contributed by atoms with van der Waals surface area (Å²) in [6.07, 6.45) is 4.86. The molecule has 2 aromatic rings. The zero-order valence-electron chi connectivity index (χ0n) is 13.8. The summed E-state index contributed by atoms with van der Waals surface area (Å²) >= 11 is 0. The maximum Gasteiger partial charge on any atom is 0.293 e. The van der Waals surface area contributed by atoms with Gasteiger partial charge in [-0.3, -0.25) is 4.79 Å². The third kappa shape index (κ3) is 2.87. The lowest BCUT2D eigenvalue weighted by Gasteiger charge is -2.29. The molecule has 1 amide bonds. The highest BCUT2D eigenvalue weighted by atomic mass is 32.2. The van der Waals surface area contributed by atoms with Crippen molar-refractivity contribution in [1.29, 1.82) is 0 Å². The molecule has 2 aliphatic heterocycles. The van der Waals surface area contributed by atoms with Crippen LogP contribution in [0.4, 0.5) is 5.69 Å². The number of carbonyl (C=O) groups is 1. The second kappa shape index (κ2) is 6.31. The van der Waals surface area contributed by atoms with Gasteiger partial charge in [0.05, 0.1) is 11.2 Å². The van der Waals surface area contributed by atoms with Gasteiger partial charge >= 0.3 is 0 Å². The van der Waals surface area contributed by atoms with Crippen LogP contribution in [-0.4, -0.2) is 38.3 Å². The highest BCUT2D eigenvalue weighted by molar-refractivity contribution is 7.89. The van der Waals surface area contributed by atoms with Crippen LogP contribution < -0.4 is 4.90 Å². The molecule has 0 radical (unpaired) electrons. The van der Waals surface area contributed by atoms with E-state index < -0.39 is 10.0 Å². The fourth-order valence-electron chi connectivity index (χ4n) is 3.56. The van der Waals surface area contributed by atoms with Gasteiger partial charge in [-0.15, -0.1) is 0 Å². The molecule has 25 heavy (non-hydrogen) atoms. The van der Waals surface area contributed by atoms with Gasteiger partial charge in [0.2, 0.25) is 10.0 Å². The summed E-state index contributed by atoms with van der Waals surface area (Å²) in [6.45, 7) is 1.77. The zero-order chi connectivity index (χ0) is 17.4. The lowest BCUT2D eigenvalue weighted by Crippen LogP contribution is -2.35. The minimum absolute atomic E-state index is 0.193. The highest BCUT2D eigenvalue weighted by Crippen LogP contribution is 2.32. The van der Waals surface area contributed by atoms with E-state index in [1.807, 2.05) is 0 Å². The minimum atomic E-state index is -3.44. The Kier molecular flexibility index (Phi) is 4.13. The highest BCUT2D eigenvalue weighted by Gasteiger charge is 2.30. The van der Waals surface area contributed by atoms with Crippen LogP contribution in [0.15, 0.2) is 45.9 Å². The standard InChI is InChI=1S/C18H20N2O4S/c21-18(17-6-4-12-24-17)20-11-3-5-14-13-15(7-8-16(14)20)25(22,23)19-9-1-2-10-19/h4,6-8,12-13H,1-3,5,9-11H2. The summed E-state index contributed by atoms with van der Waals surface area (Å²) in [7, 11) is -3.44. The van der Waals surface area contributed by atoms with Crippen molar-refractivity contribution in [1.82, 2.24) is 4.31 Å². The number of fused-ring (bicyclic) bond motifs is 1. The second-order valence-electron chi connectivity index (χ2n) is 6.44. The van der Waals surface area contributed by atoms with Crippen molar-refractivity contribution in [2.45, 2.75) is 30.6 Å². The topological polar surface area (TPSA) is 70.8 Å². The molecule has 1 saturated heterocycles. The van der Waals surface area contributed by atoms with E-state index in [-0.39, 0.29) is 5.91 Å². The van der Waals surface area contributed by atoms with Crippen LogP contribution in [0.1, 0.15) is 35.4 Å². The number of sulfonamides is 1. The first kappa shape index (κ1) is 16.4. The molecule has 132 valence electrons. The number of rotatable bonds is 3. The van der Waals surface area contributed by atoms with Gasteiger partial charge in [0, 0.05) is 25.3 Å². The number of aryl methyl sites for hydroxylation is 1. The maximum atomic E-state index is 12.8. The molecule has 1 aromatic heterocycles. The number of furan rings is 1. The van der Waals surface area contributed by atoms with Crippen LogP contribution in [0.3, 0.4) is 0 Å². The van der Waals surface area contributed by atoms with Crippen molar-refractivity contribution >= 4 is 21.6 Å². The van der Waals surface area contributed by atoms with Gasteiger partial charge in [0.1, 0.15) is 0 Å². The smallest absolute Gasteiger partial charge is 0.293 e. The summed E-state index contributed by atoms with van der Waals surface area (Å²) < 4.78 is 32.3. The fourth-order valence-corrected chi connectivity index (χ4v) is 5.12. The van der Waals surface area contributed by atoms with Crippen molar-refractivity contribution in [2.24, 2.45) is 0 Å². The minimum Gasteiger partial charge on any atom is -0.459 e. The third-order valence-electron chi connectivity index (χ3n) is 4.85. The largest absolute Gasteiger partial charge is 0.459 e. The summed E-state index contributed by atoms with van der Waals surface area (Å²) in [6, 6.07) is 8.41. The van der Waals surface area contributed by atoms with E-state index in [9.17, 15) is 13.2 Å². The lowest BCUT2D eigenvalue weighted by atomic mass is 10.0. The quantitative estimate of drug-likeness (QED) is 0.844. The Labute approximate surface area is 147 Å². The van der Waals surface area contributed by atoms with E-state index in [2.05, 4.69) is 0 Å². The van der Waals surface area contributed by atoms with Gasteiger partial charge in [-0.05, 0) is 61.6 Å². The van der Waals surface area contributed by atoms with Gasteiger partial charge in [0.15, 0.2) is 5.76 Å². The SMILES string of the molecule is O=C(c1ccco1)N1CCCc2cc(S(=O)(=O)N3CCCC3)ccc21. The van der Waals surface area contributed by atoms with Crippen LogP contribution in [-0.2, 0) is 16.4 Å². The summed E-state index contributed by atoms with van der Waals surface area (Å²) in [5.41, 5.74) is 1.67. The fraction of sp³-hybridized carbons (Fsp3) is 0.389. The molecule has 4 rings (SSSR count). The first-order chi connectivity index (χ1) is 12.1. The van der Waals surface area contributed by atoms with Gasteiger partial charge in [-0.25, -0.2) is 8.42 Å². The monoisotopic (exact) mass is 360 g/mol. The van der Waals surface area contributed by atoms with Crippen LogP contribution in [0.5, 0.6) is 0 Å². The molecule has 0 N–H and O–H groups in total. The number of anilines is 1. The van der Waals surface area contributed by atoms with Crippen molar-refractivity contribution in [3.05, 3.63) is 47.9 Å². The van der Waals surface area contributed by atoms with Crippen LogP contribution in [0.2, 0.25) is 0 Å². The molecule has 7 heteroatoms. The zero-order valence-corrected chi connectivity index (χ0v) is 14.7. The number of hydrogen-bond acceptors (Lipinski definition) is 4. The van der Waals surface area contributed by atoms with Gasteiger partial charge < -0.3 is 9.32 Å². The van der Waals surface area contributed by atoms with Crippen molar-refractivity contribution in [2.75, 3.05) is 24.5 Å². The average molecular weight is 360 g/mol. The first-order valence-corrected chi connectivity index (χ1v) is 10.00. The van der Waals surface area contributed by atoms with Crippen molar-refractivity contribution < 1.29 is 17.6 Å². The molecular weight excluding hydrogens is 340 g/mol. The van der Waals surface area contributed by atoms with E-state index in [0.29, 0.717) is 30.3 Å². The van der Waals surface area contributed by atoms with E-state index >= 15 is 0 Å². The second-order valence-corrected chi connectivity index (χ2v) is 8.38. The van der Waals surface area contributed by atoms with E-state index in [4.69, 9.17) is 4.42 Å². The van der Waals surface area contributed by atoms with Crippen LogP contribution in [0, 0.1) is 0 Å². The normalized spacial score (nSPS) is 18.3. The average Bonchev–Trinajstić information content (AvgIpc) is 3.33. The third-order valence-corrected chi connectivity index (χ3v) is 6.74. The predicted octanol–water partition coefficient (Wildman–Crippen LogP) is 2.66. The number of nitrogens with zero attached hydrogens (tertiary/aromatic N) is 2. The Morgan fingerprint density at radius 2 is 1.84 bits per heavy atom. The summed E-state index contributed by atoms with van der Waals surface area (Å²) in [4.78, 5) is 14.6. The Morgan fingerprint density at radius 1 is 1.04 bits per heavy atom. The Morgan fingerprint density at radius 3 is 2.56 bits per heavy atom. The molecule has 0 aliphatic carbocycles. The molecule has 0 spiro atoms. The Bertz CT molecular complexity index is 884. The Hall–Kier alpha value is -2.12. The molecule has 0 bridgehead atoms. The first-order valence-electron chi connectivity index (χ1n) is 8.56. The molecule has 2 aliphatic rings. The van der Waals surface area contributed by atoms with E-state index in [0.717, 1.165) is 36.9 Å². The van der Waals surface area contributed by atoms with Crippen molar-refractivity contribution in [3.63, 3.8) is 0 Å². The summed E-state index contributed by atoms with van der Waals surface area (Å²) in [5, 5.41) is 0. The number of benzene rings is 1. The molecule has 1 aromatic carbocycles. The molecule has 3 heterocycles. The molecule has 1 fully saturated rings. The van der Waals surface area contributed by atoms with Crippen LogP contribution >= 0.6 is 0 Å². The molecule has 0 saturated carbocycles. The summed E-state index contributed by atoms with van der Waals surface area (Å²) in [5.74, 6) is 0.0997. The molecule has 0 atom stereocenters. The number of hydrogen-bond donors (Lipinski definition) is 0. The van der Waals surface area contributed by atoms with Gasteiger partial charge in [-0.2, -0.15) is 4.31 Å². The molecule has 0 unspecified atom stereocenters. The molecular formula is C18H20N2O4S. The predicted molar refractivity (Wildman–Crippen MR) is 93.1 cm³/mol. The van der Waals surface area contributed by atoms with Gasteiger partial charge in [-0.1, -0.05) is 0 Å². The van der Waals surface area contributed by atoms with Crippen LogP contribution in [0.25, 0.3) is 0 Å². The lowest BCUT2D eigenvalue weighted by molar-refractivity contribution is 0.0958. The molecule has 6 nitrogen and oxygen atoms in total. The van der Waals surface area contributed by atoms with E-state index in [1.54, 1.807) is 39.5 Å². The number of carbonyl (C=O) groups excluding carboxylic acids is 1. The van der Waals surface area contributed by atoms with Crippen molar-refractivity contribution in [3.8, 4) is 0 Å². The Balaban J connectivity index is 1.67. The van der Waals surface area contributed by atoms with Gasteiger partial charge in [0.25, 0.3) is 5.91 Å². The van der Waals surface area contributed by atoms with E-state index in [1.165, 1.54) is 6.26 Å². The maximum absolute atomic E-state index is 12.8.